The molecule has 0 saturated carbocycles. The summed E-state index contributed by atoms with van der Waals surface area (Å²) in [5.74, 6) is 0.532. The van der Waals surface area contributed by atoms with E-state index in [1.165, 1.54) is 17.4 Å². The molecule has 0 unspecified atom stereocenters. The fourth-order valence-corrected chi connectivity index (χ4v) is 4.09. The Morgan fingerprint density at radius 3 is 2.67 bits per heavy atom. The van der Waals surface area contributed by atoms with Gasteiger partial charge in [0.1, 0.15) is 5.75 Å². The zero-order valence-electron chi connectivity index (χ0n) is 14.4. The van der Waals surface area contributed by atoms with Crippen molar-refractivity contribution in [2.45, 2.75) is 17.7 Å². The summed E-state index contributed by atoms with van der Waals surface area (Å²) in [5.41, 5.74) is 0.647. The lowest BCUT2D eigenvalue weighted by molar-refractivity contribution is -0.116. The highest BCUT2D eigenvalue weighted by molar-refractivity contribution is 7.90. The van der Waals surface area contributed by atoms with Gasteiger partial charge in [0.15, 0.2) is 15.0 Å². The smallest absolute Gasteiger partial charge is 0.226 e. The molecule has 1 aromatic heterocycles. The van der Waals surface area contributed by atoms with Gasteiger partial charge in [0.2, 0.25) is 5.91 Å². The lowest BCUT2D eigenvalue weighted by Crippen LogP contribution is -2.12. The highest BCUT2D eigenvalue weighted by Gasteiger charge is 2.12. The Balaban J connectivity index is 1.52. The topological polar surface area (TPSA) is 85.4 Å². The van der Waals surface area contributed by atoms with E-state index in [1.54, 1.807) is 36.4 Å². The number of nitrogens with one attached hydrogen (secondary N) is 1. The predicted octanol–water partition coefficient (Wildman–Crippen LogP) is 4.15. The first-order valence-corrected chi connectivity index (χ1v) is 11.2. The average molecular weight is 425 g/mol. The molecular formula is C18H17ClN2O4S2. The molecule has 1 N–H and O–H groups in total. The van der Waals surface area contributed by atoms with Crippen molar-refractivity contribution in [1.82, 2.24) is 4.98 Å². The van der Waals surface area contributed by atoms with Gasteiger partial charge in [-0.1, -0.05) is 22.9 Å². The Kier molecular flexibility index (Phi) is 5.98. The largest absolute Gasteiger partial charge is 0.494 e. The van der Waals surface area contributed by atoms with Crippen molar-refractivity contribution >= 4 is 54.0 Å². The molecule has 2 aromatic carbocycles. The Morgan fingerprint density at radius 1 is 1.22 bits per heavy atom. The number of carbonyl (C=O) groups is 1. The number of hydrogen-bond acceptors (Lipinski definition) is 6. The summed E-state index contributed by atoms with van der Waals surface area (Å²) >= 11 is 7.05. The number of thiazole rings is 1. The van der Waals surface area contributed by atoms with E-state index in [9.17, 15) is 13.2 Å². The zero-order chi connectivity index (χ0) is 19.4. The van der Waals surface area contributed by atoms with Gasteiger partial charge in [0, 0.05) is 17.7 Å². The van der Waals surface area contributed by atoms with E-state index in [-0.39, 0.29) is 17.2 Å². The summed E-state index contributed by atoms with van der Waals surface area (Å²) in [6.45, 7) is 0.409. The van der Waals surface area contributed by atoms with Gasteiger partial charge in [0.25, 0.3) is 0 Å². The number of aromatic nitrogens is 1. The summed E-state index contributed by atoms with van der Waals surface area (Å²) in [6.07, 6.45) is 2.00. The third-order valence-electron chi connectivity index (χ3n) is 3.66. The molecule has 3 aromatic rings. The second-order valence-corrected chi connectivity index (χ2v) is 9.36. The molecular weight excluding hydrogens is 408 g/mol. The normalized spacial score (nSPS) is 11.5. The lowest BCUT2D eigenvalue weighted by atomic mass is 10.3. The first-order chi connectivity index (χ1) is 12.8. The number of halogens is 1. The van der Waals surface area contributed by atoms with Gasteiger partial charge in [-0.3, -0.25) is 4.79 Å². The Bertz CT molecular complexity index is 1060. The number of amides is 1. The number of carbonyl (C=O) groups excluding carboxylic acids is 1. The van der Waals surface area contributed by atoms with Gasteiger partial charge in [-0.25, -0.2) is 13.4 Å². The molecule has 0 aliphatic carbocycles. The third-order valence-corrected chi connectivity index (χ3v) is 5.96. The van der Waals surface area contributed by atoms with Gasteiger partial charge >= 0.3 is 0 Å². The van der Waals surface area contributed by atoms with Crippen LogP contribution < -0.4 is 10.1 Å². The minimum atomic E-state index is -3.28. The molecule has 9 heteroatoms. The molecule has 0 saturated heterocycles. The fourth-order valence-electron chi connectivity index (χ4n) is 2.32. The molecule has 0 atom stereocenters. The molecule has 0 bridgehead atoms. The first kappa shape index (κ1) is 19.6. The molecule has 3 rings (SSSR count). The maximum Gasteiger partial charge on any atom is 0.226 e. The lowest BCUT2D eigenvalue weighted by Gasteiger charge is -2.06. The van der Waals surface area contributed by atoms with Crippen LogP contribution in [-0.4, -0.2) is 32.2 Å². The van der Waals surface area contributed by atoms with Crippen LogP contribution in [0.5, 0.6) is 5.75 Å². The monoisotopic (exact) mass is 424 g/mol. The Morgan fingerprint density at radius 2 is 1.96 bits per heavy atom. The second-order valence-electron chi connectivity index (χ2n) is 5.87. The molecule has 0 aliphatic rings. The standard InChI is InChI=1S/C18H17ClN2O4S2/c1-27(23,24)14-8-9-15-16(11-14)26-18(20-15)21-17(22)3-2-10-25-13-6-4-12(19)5-7-13/h4-9,11H,2-3,10H2,1H3,(H,20,21,22). The van der Waals surface area contributed by atoms with Crippen LogP contribution >= 0.6 is 22.9 Å². The van der Waals surface area contributed by atoms with Crippen molar-refractivity contribution in [2.75, 3.05) is 18.2 Å². The number of fused-ring (bicyclic) bond motifs is 1. The van der Waals surface area contributed by atoms with E-state index >= 15 is 0 Å². The molecule has 0 aliphatic heterocycles. The van der Waals surface area contributed by atoms with E-state index < -0.39 is 9.84 Å². The number of benzene rings is 2. The molecule has 27 heavy (non-hydrogen) atoms. The average Bonchev–Trinajstić information content (AvgIpc) is 3.00. The molecule has 1 amide bonds. The molecule has 6 nitrogen and oxygen atoms in total. The summed E-state index contributed by atoms with van der Waals surface area (Å²) < 4.78 is 29.5. The van der Waals surface area contributed by atoms with Crippen molar-refractivity contribution < 1.29 is 17.9 Å². The van der Waals surface area contributed by atoms with Crippen molar-refractivity contribution in [3.63, 3.8) is 0 Å². The van der Waals surface area contributed by atoms with Crippen LogP contribution in [0.2, 0.25) is 5.02 Å². The number of ether oxygens (including phenoxy) is 1. The van der Waals surface area contributed by atoms with Crippen molar-refractivity contribution in [3.05, 3.63) is 47.5 Å². The Labute approximate surface area is 166 Å². The van der Waals surface area contributed by atoms with Crippen LogP contribution in [-0.2, 0) is 14.6 Å². The molecule has 1 heterocycles. The first-order valence-electron chi connectivity index (χ1n) is 8.10. The molecule has 0 spiro atoms. The number of nitrogens with zero attached hydrogens (tertiary/aromatic N) is 1. The van der Waals surface area contributed by atoms with Gasteiger partial charge < -0.3 is 10.1 Å². The van der Waals surface area contributed by atoms with Crippen molar-refractivity contribution in [3.8, 4) is 5.75 Å². The maximum absolute atomic E-state index is 12.1. The van der Waals surface area contributed by atoms with Crippen LogP contribution in [0.4, 0.5) is 5.13 Å². The fraction of sp³-hybridized carbons (Fsp3) is 0.222. The van der Waals surface area contributed by atoms with E-state index in [2.05, 4.69) is 10.3 Å². The summed E-state index contributed by atoms with van der Waals surface area (Å²) in [4.78, 5) is 16.6. The minimum Gasteiger partial charge on any atom is -0.494 e. The summed E-state index contributed by atoms with van der Waals surface area (Å²) in [6, 6.07) is 11.7. The number of anilines is 1. The molecule has 0 radical (unpaired) electrons. The van der Waals surface area contributed by atoms with E-state index in [1.807, 2.05) is 0 Å². The highest BCUT2D eigenvalue weighted by Crippen LogP contribution is 2.28. The van der Waals surface area contributed by atoms with Crippen LogP contribution in [0.25, 0.3) is 10.2 Å². The maximum atomic E-state index is 12.1. The quantitative estimate of drug-likeness (QED) is 0.576. The SMILES string of the molecule is CS(=O)(=O)c1ccc2nc(NC(=O)CCCOc3ccc(Cl)cc3)sc2c1. The minimum absolute atomic E-state index is 0.169. The van der Waals surface area contributed by atoms with Gasteiger partial charge in [-0.05, 0) is 48.9 Å². The van der Waals surface area contributed by atoms with Crippen LogP contribution in [0, 0.1) is 0 Å². The third kappa shape index (κ3) is 5.41. The van der Waals surface area contributed by atoms with E-state index in [0.717, 1.165) is 6.26 Å². The highest BCUT2D eigenvalue weighted by atomic mass is 35.5. The van der Waals surface area contributed by atoms with Crippen LogP contribution in [0.1, 0.15) is 12.8 Å². The Hall–Kier alpha value is -2.16. The summed E-state index contributed by atoms with van der Waals surface area (Å²) in [7, 11) is -3.28. The van der Waals surface area contributed by atoms with E-state index in [0.29, 0.717) is 39.1 Å². The number of rotatable bonds is 7. The number of hydrogen-bond donors (Lipinski definition) is 1. The van der Waals surface area contributed by atoms with Crippen molar-refractivity contribution in [2.24, 2.45) is 0 Å². The van der Waals surface area contributed by atoms with Gasteiger partial charge in [-0.15, -0.1) is 0 Å². The zero-order valence-corrected chi connectivity index (χ0v) is 16.8. The van der Waals surface area contributed by atoms with E-state index in [4.69, 9.17) is 16.3 Å². The molecule has 142 valence electrons. The molecule has 0 fully saturated rings. The number of sulfone groups is 1. The van der Waals surface area contributed by atoms with Gasteiger partial charge in [-0.2, -0.15) is 0 Å². The van der Waals surface area contributed by atoms with Crippen LogP contribution in [0.3, 0.4) is 0 Å². The van der Waals surface area contributed by atoms with Crippen molar-refractivity contribution in [1.29, 1.82) is 0 Å². The summed E-state index contributed by atoms with van der Waals surface area (Å²) in [5, 5.41) is 3.83. The second kappa shape index (κ2) is 8.24. The predicted molar refractivity (Wildman–Crippen MR) is 108 cm³/mol. The van der Waals surface area contributed by atoms with Gasteiger partial charge in [0.05, 0.1) is 21.7 Å². The van der Waals surface area contributed by atoms with Crippen LogP contribution in [0.15, 0.2) is 47.4 Å².